The molecule has 0 aliphatic rings. The lowest BCUT2D eigenvalue weighted by atomic mass is 9.72. The number of pyridine rings is 1. The third-order valence-electron chi connectivity index (χ3n) is 4.87. The summed E-state index contributed by atoms with van der Waals surface area (Å²) in [5.74, 6) is -0.814. The Hall–Kier alpha value is -2.89. The second-order valence-electron chi connectivity index (χ2n) is 6.55. The van der Waals surface area contributed by atoms with Crippen molar-refractivity contribution in [2.75, 3.05) is 12.4 Å². The van der Waals surface area contributed by atoms with Crippen LogP contribution in [0.5, 0.6) is 0 Å². The molecule has 3 aromatic rings. The van der Waals surface area contributed by atoms with Gasteiger partial charge in [0, 0.05) is 17.4 Å². The number of anilines is 1. The smallest absolute Gasteiger partial charge is 0.345 e. The van der Waals surface area contributed by atoms with Gasteiger partial charge in [0.2, 0.25) is 5.60 Å². The largest absolute Gasteiger partial charge is 0.467 e. The number of nitrogens with one attached hydrogen (secondary N) is 1. The number of esters is 1. The molecule has 0 radical (unpaired) electrons. The second kappa shape index (κ2) is 8.00. The molecule has 2 N–H and O–H groups in total. The Balaban J connectivity index is 2.25. The minimum Gasteiger partial charge on any atom is -0.467 e. The quantitative estimate of drug-likeness (QED) is 0.484. The SMILES string of the molecule is COC(=O)[C@](O)(c1ccc(Cl)nc1)[C@@](C)(Nc1ccccc1)c1ccccc1. The number of carbonyl (C=O) groups is 1. The van der Waals surface area contributed by atoms with Crippen LogP contribution in [0.2, 0.25) is 5.15 Å². The van der Waals surface area contributed by atoms with Crippen LogP contribution in [0.4, 0.5) is 5.69 Å². The van der Waals surface area contributed by atoms with Gasteiger partial charge in [-0.25, -0.2) is 9.78 Å². The number of aliphatic hydroxyl groups is 1. The van der Waals surface area contributed by atoms with Crippen molar-refractivity contribution in [2.24, 2.45) is 0 Å². The van der Waals surface area contributed by atoms with E-state index in [0.717, 1.165) is 5.69 Å². The van der Waals surface area contributed by atoms with Crippen molar-refractivity contribution in [3.8, 4) is 0 Å². The summed E-state index contributed by atoms with van der Waals surface area (Å²) in [5.41, 5.74) is -1.67. The molecule has 0 bridgehead atoms. The number of benzene rings is 2. The Morgan fingerprint density at radius 3 is 2.14 bits per heavy atom. The molecule has 3 rings (SSSR count). The monoisotopic (exact) mass is 396 g/mol. The molecule has 0 aliphatic carbocycles. The zero-order valence-corrected chi connectivity index (χ0v) is 16.4. The average molecular weight is 397 g/mol. The molecular weight excluding hydrogens is 376 g/mol. The maximum atomic E-state index is 13.0. The highest BCUT2D eigenvalue weighted by atomic mass is 35.5. The second-order valence-corrected chi connectivity index (χ2v) is 6.94. The first-order valence-electron chi connectivity index (χ1n) is 8.73. The summed E-state index contributed by atoms with van der Waals surface area (Å²) < 4.78 is 5.02. The highest BCUT2D eigenvalue weighted by Crippen LogP contribution is 2.44. The van der Waals surface area contributed by atoms with Gasteiger partial charge in [-0.3, -0.25) is 0 Å². The van der Waals surface area contributed by atoms with Gasteiger partial charge in [-0.2, -0.15) is 0 Å². The predicted octanol–water partition coefficient (Wildman–Crippen LogP) is 4.12. The van der Waals surface area contributed by atoms with Crippen LogP contribution in [-0.2, 0) is 20.7 Å². The molecule has 2 atom stereocenters. The first-order valence-corrected chi connectivity index (χ1v) is 9.11. The zero-order chi connectivity index (χ0) is 20.2. The van der Waals surface area contributed by atoms with E-state index in [1.54, 1.807) is 13.0 Å². The van der Waals surface area contributed by atoms with Crippen LogP contribution in [0.25, 0.3) is 0 Å². The van der Waals surface area contributed by atoms with Crippen molar-refractivity contribution in [1.29, 1.82) is 0 Å². The summed E-state index contributed by atoms with van der Waals surface area (Å²) in [6.45, 7) is 1.75. The van der Waals surface area contributed by atoms with E-state index >= 15 is 0 Å². The van der Waals surface area contributed by atoms with E-state index < -0.39 is 17.1 Å². The fourth-order valence-electron chi connectivity index (χ4n) is 3.30. The summed E-state index contributed by atoms with van der Waals surface area (Å²) in [6.07, 6.45) is 1.38. The Labute approximate surface area is 169 Å². The van der Waals surface area contributed by atoms with Crippen molar-refractivity contribution in [3.05, 3.63) is 95.3 Å². The number of rotatable bonds is 6. The number of methoxy groups -OCH3 is 1. The lowest BCUT2D eigenvalue weighted by Gasteiger charge is -2.44. The number of nitrogens with zero attached hydrogens (tertiary/aromatic N) is 1. The molecule has 1 aromatic heterocycles. The molecule has 0 amide bonds. The molecule has 0 unspecified atom stereocenters. The Morgan fingerprint density at radius 1 is 1.00 bits per heavy atom. The highest BCUT2D eigenvalue weighted by Gasteiger charge is 2.56. The number of para-hydroxylation sites is 1. The summed E-state index contributed by atoms with van der Waals surface area (Å²) in [6, 6.07) is 21.7. The average Bonchev–Trinajstić information content (AvgIpc) is 2.74. The molecule has 0 saturated heterocycles. The van der Waals surface area contributed by atoms with Crippen LogP contribution in [0.3, 0.4) is 0 Å². The summed E-state index contributed by atoms with van der Waals surface area (Å²) >= 11 is 5.91. The number of aromatic nitrogens is 1. The number of hydrogen-bond donors (Lipinski definition) is 2. The number of hydrogen-bond acceptors (Lipinski definition) is 5. The first kappa shape index (κ1) is 19.9. The third-order valence-corrected chi connectivity index (χ3v) is 5.09. The minimum atomic E-state index is -2.09. The van der Waals surface area contributed by atoms with E-state index in [4.69, 9.17) is 16.3 Å². The molecule has 5 nitrogen and oxygen atoms in total. The fourth-order valence-corrected chi connectivity index (χ4v) is 3.41. The lowest BCUT2D eigenvalue weighted by molar-refractivity contribution is -0.171. The number of carbonyl (C=O) groups excluding carboxylic acids is 1. The fraction of sp³-hybridized carbons (Fsp3) is 0.182. The molecule has 28 heavy (non-hydrogen) atoms. The maximum absolute atomic E-state index is 13.0. The summed E-state index contributed by atoms with van der Waals surface area (Å²) in [7, 11) is 1.24. The van der Waals surface area contributed by atoms with Crippen LogP contribution in [0, 0.1) is 0 Å². The molecule has 0 aliphatic heterocycles. The van der Waals surface area contributed by atoms with Crippen molar-refractivity contribution in [3.63, 3.8) is 0 Å². The van der Waals surface area contributed by atoms with Gasteiger partial charge < -0.3 is 15.2 Å². The van der Waals surface area contributed by atoms with E-state index in [2.05, 4.69) is 10.3 Å². The molecule has 0 spiro atoms. The number of ether oxygens (including phenoxy) is 1. The van der Waals surface area contributed by atoms with Crippen LogP contribution >= 0.6 is 11.6 Å². The van der Waals surface area contributed by atoms with Gasteiger partial charge in [-0.1, -0.05) is 66.2 Å². The van der Waals surface area contributed by atoms with E-state index in [9.17, 15) is 9.90 Å². The van der Waals surface area contributed by atoms with Crippen molar-refractivity contribution in [1.82, 2.24) is 4.98 Å². The lowest BCUT2D eigenvalue weighted by Crippen LogP contribution is -2.57. The van der Waals surface area contributed by atoms with Gasteiger partial charge in [0.25, 0.3) is 0 Å². The van der Waals surface area contributed by atoms with Gasteiger partial charge in [0.05, 0.1) is 7.11 Å². The topological polar surface area (TPSA) is 71.5 Å². The van der Waals surface area contributed by atoms with Crippen molar-refractivity contribution in [2.45, 2.75) is 18.1 Å². The normalized spacial score (nSPS) is 15.1. The molecular formula is C22H21ClN2O3. The molecule has 1 heterocycles. The summed E-state index contributed by atoms with van der Waals surface area (Å²) in [5, 5.41) is 15.4. The third kappa shape index (κ3) is 3.46. The molecule has 6 heteroatoms. The minimum absolute atomic E-state index is 0.258. The number of halogens is 1. The van der Waals surface area contributed by atoms with Gasteiger partial charge >= 0.3 is 5.97 Å². The maximum Gasteiger partial charge on any atom is 0.345 e. The van der Waals surface area contributed by atoms with Crippen LogP contribution in [0.1, 0.15) is 18.1 Å². The Kier molecular flexibility index (Phi) is 5.68. The van der Waals surface area contributed by atoms with E-state index in [1.807, 2.05) is 60.7 Å². The van der Waals surface area contributed by atoms with Crippen LogP contribution < -0.4 is 5.32 Å². The Bertz CT molecular complexity index is 935. The Morgan fingerprint density at radius 2 is 1.61 bits per heavy atom. The van der Waals surface area contributed by atoms with Gasteiger partial charge in [-0.15, -0.1) is 0 Å². The van der Waals surface area contributed by atoms with Crippen molar-refractivity contribution < 1.29 is 14.6 Å². The predicted molar refractivity (Wildman–Crippen MR) is 109 cm³/mol. The van der Waals surface area contributed by atoms with Gasteiger partial charge in [0.15, 0.2) is 0 Å². The van der Waals surface area contributed by atoms with Gasteiger partial charge in [0.1, 0.15) is 10.7 Å². The zero-order valence-electron chi connectivity index (χ0n) is 15.6. The van der Waals surface area contributed by atoms with Crippen molar-refractivity contribution >= 4 is 23.3 Å². The molecule has 144 valence electrons. The van der Waals surface area contributed by atoms with E-state index in [-0.39, 0.29) is 10.7 Å². The highest BCUT2D eigenvalue weighted by molar-refractivity contribution is 6.29. The molecule has 0 fully saturated rings. The van der Waals surface area contributed by atoms with E-state index in [0.29, 0.717) is 5.56 Å². The summed E-state index contributed by atoms with van der Waals surface area (Å²) in [4.78, 5) is 17.0. The van der Waals surface area contributed by atoms with Crippen LogP contribution in [0.15, 0.2) is 79.0 Å². The van der Waals surface area contributed by atoms with Gasteiger partial charge in [-0.05, 0) is 30.7 Å². The molecule has 2 aromatic carbocycles. The van der Waals surface area contributed by atoms with Crippen LogP contribution in [-0.4, -0.2) is 23.2 Å². The molecule has 0 saturated carbocycles. The van der Waals surface area contributed by atoms with E-state index in [1.165, 1.54) is 19.4 Å². The standard InChI is InChI=1S/C22H21ClN2O3/c1-21(16-9-5-3-6-10-16,25-18-11-7-4-8-12-18)22(27,20(26)28-2)17-13-14-19(23)24-15-17/h3-15,25,27H,1-2H3/t21-,22+/m0/s1. The first-order chi connectivity index (χ1) is 13.4.